The second-order valence-electron chi connectivity index (χ2n) is 15.1. The fourth-order valence-corrected chi connectivity index (χ4v) is 11.2. The number of esters is 1. The number of hydrogen-bond acceptors (Lipinski definition) is 3. The zero-order chi connectivity index (χ0) is 26.5. The van der Waals surface area contributed by atoms with Gasteiger partial charge in [0.2, 0.25) is 0 Å². The molecule has 4 nitrogen and oxygen atoms in total. The molecule has 4 unspecified atom stereocenters. The number of carboxylic acids is 1. The minimum Gasteiger partial charge on any atom is -0.481 e. The van der Waals surface area contributed by atoms with Crippen LogP contribution in [0.2, 0.25) is 0 Å². The van der Waals surface area contributed by atoms with Crippen LogP contribution in [0, 0.1) is 56.7 Å². The number of rotatable bonds is 2. The van der Waals surface area contributed by atoms with Crippen molar-refractivity contribution in [1.82, 2.24) is 0 Å². The fraction of sp³-hybridized carbons (Fsp3) is 0.875. The molecule has 36 heavy (non-hydrogen) atoms. The topological polar surface area (TPSA) is 63.6 Å². The molecule has 5 aliphatic rings. The van der Waals surface area contributed by atoms with Gasteiger partial charge in [0.1, 0.15) is 6.10 Å². The summed E-state index contributed by atoms with van der Waals surface area (Å²) in [6, 6.07) is 0. The molecule has 4 fully saturated rings. The van der Waals surface area contributed by atoms with Crippen molar-refractivity contribution in [2.45, 2.75) is 119 Å². The van der Waals surface area contributed by atoms with E-state index in [0.717, 1.165) is 51.4 Å². The molecule has 0 aromatic heterocycles. The van der Waals surface area contributed by atoms with Crippen molar-refractivity contribution in [3.05, 3.63) is 11.6 Å². The van der Waals surface area contributed by atoms with Crippen molar-refractivity contribution in [2.75, 3.05) is 0 Å². The Morgan fingerprint density at radius 3 is 2.25 bits per heavy atom. The molecule has 1 N–H and O–H groups in total. The van der Waals surface area contributed by atoms with Gasteiger partial charge in [-0.05, 0) is 104 Å². The molecule has 0 aliphatic heterocycles. The normalized spacial score (nSPS) is 51.5. The van der Waals surface area contributed by atoms with E-state index in [1.54, 1.807) is 6.92 Å². The maximum absolute atomic E-state index is 12.9. The molecule has 0 spiro atoms. The maximum Gasteiger partial charge on any atom is 0.310 e. The number of ether oxygens (including phenoxy) is 1. The molecular weight excluding hydrogens is 448 g/mol. The predicted octanol–water partition coefficient (Wildman–Crippen LogP) is 7.66. The zero-order valence-electron chi connectivity index (χ0n) is 24.1. The summed E-state index contributed by atoms with van der Waals surface area (Å²) in [6.45, 7) is 18.5. The molecule has 0 aromatic carbocycles. The van der Waals surface area contributed by atoms with Gasteiger partial charge in [0, 0.05) is 12.3 Å². The smallest absolute Gasteiger partial charge is 0.310 e. The summed E-state index contributed by atoms with van der Waals surface area (Å²) < 4.78 is 5.88. The summed E-state index contributed by atoms with van der Waals surface area (Å²) in [7, 11) is 0. The monoisotopic (exact) mass is 498 g/mol. The summed E-state index contributed by atoms with van der Waals surface area (Å²) in [5.41, 5.74) is 1.30. The van der Waals surface area contributed by atoms with Crippen LogP contribution in [0.3, 0.4) is 0 Å². The van der Waals surface area contributed by atoms with Gasteiger partial charge in [0.25, 0.3) is 0 Å². The highest BCUT2D eigenvalue weighted by atomic mass is 16.5. The molecule has 0 heterocycles. The molecule has 10 atom stereocenters. The first-order valence-corrected chi connectivity index (χ1v) is 14.8. The summed E-state index contributed by atoms with van der Waals surface area (Å²) in [5, 5.41) is 10.6. The SMILES string of the molecule is CC(=O)OC1CC[C@@]2(C)C(CC[C@]3(C)C2CC=C2C4[C@@H](C)[C@H](C)CC[C@]4(C(=O)O)CC[C@]23C)C1(C)C. The Hall–Kier alpha value is -1.32. The van der Waals surface area contributed by atoms with Crippen molar-refractivity contribution in [3.63, 3.8) is 0 Å². The van der Waals surface area contributed by atoms with E-state index in [9.17, 15) is 14.7 Å². The van der Waals surface area contributed by atoms with E-state index in [4.69, 9.17) is 4.74 Å². The van der Waals surface area contributed by atoms with Crippen molar-refractivity contribution >= 4 is 11.9 Å². The Bertz CT molecular complexity index is 981. The number of fused-ring (bicyclic) bond motifs is 7. The number of carbonyl (C=O) groups excluding carboxylic acids is 1. The van der Waals surface area contributed by atoms with Crippen LogP contribution in [0.1, 0.15) is 113 Å². The lowest BCUT2D eigenvalue weighted by molar-refractivity contribution is -0.214. The third kappa shape index (κ3) is 3.17. The molecule has 0 radical (unpaired) electrons. The van der Waals surface area contributed by atoms with Gasteiger partial charge in [0.15, 0.2) is 0 Å². The first-order chi connectivity index (χ1) is 16.6. The van der Waals surface area contributed by atoms with Gasteiger partial charge in [-0.1, -0.05) is 60.1 Å². The van der Waals surface area contributed by atoms with Crippen molar-refractivity contribution < 1.29 is 19.4 Å². The predicted molar refractivity (Wildman–Crippen MR) is 142 cm³/mol. The lowest BCUT2D eigenvalue weighted by Crippen LogP contribution is -2.65. The highest BCUT2D eigenvalue weighted by Crippen LogP contribution is 2.75. The van der Waals surface area contributed by atoms with Crippen LogP contribution in [0.25, 0.3) is 0 Å². The lowest BCUT2D eigenvalue weighted by Gasteiger charge is -2.71. The summed E-state index contributed by atoms with van der Waals surface area (Å²) in [5.74, 6) is 1.53. The van der Waals surface area contributed by atoms with Gasteiger partial charge in [0.05, 0.1) is 5.41 Å². The number of carbonyl (C=O) groups is 2. The van der Waals surface area contributed by atoms with Crippen LogP contribution in [0.15, 0.2) is 11.6 Å². The van der Waals surface area contributed by atoms with Gasteiger partial charge in [-0.3, -0.25) is 9.59 Å². The molecule has 202 valence electrons. The minimum atomic E-state index is -0.578. The van der Waals surface area contributed by atoms with E-state index < -0.39 is 11.4 Å². The molecule has 5 rings (SSSR count). The van der Waals surface area contributed by atoms with Gasteiger partial charge in [-0.25, -0.2) is 0 Å². The van der Waals surface area contributed by atoms with E-state index in [1.807, 2.05) is 0 Å². The molecule has 4 saturated carbocycles. The number of allylic oxidation sites excluding steroid dienone is 2. The van der Waals surface area contributed by atoms with Gasteiger partial charge in [-0.15, -0.1) is 0 Å². The summed E-state index contributed by atoms with van der Waals surface area (Å²) >= 11 is 0. The first kappa shape index (κ1) is 26.3. The first-order valence-electron chi connectivity index (χ1n) is 14.8. The van der Waals surface area contributed by atoms with E-state index >= 15 is 0 Å². The van der Waals surface area contributed by atoms with E-state index in [1.165, 1.54) is 12.0 Å². The molecule has 0 saturated heterocycles. The van der Waals surface area contributed by atoms with E-state index in [-0.39, 0.29) is 39.7 Å². The molecule has 4 heteroatoms. The van der Waals surface area contributed by atoms with Crippen LogP contribution in [-0.4, -0.2) is 23.1 Å². The Balaban J connectivity index is 1.56. The van der Waals surface area contributed by atoms with Gasteiger partial charge >= 0.3 is 11.9 Å². The number of aliphatic carboxylic acids is 1. The standard InChI is InChI=1S/C32H50O4/c1-19-11-16-32(27(34)35)18-17-30(7)22(26(32)20(19)2)9-10-24-29(6)14-13-25(36-21(3)33)28(4,5)23(29)12-15-31(24,30)8/h9,19-20,23-26H,10-18H2,1-8H3,(H,34,35)/t19-,20+,23?,24?,25?,26?,29+,30-,31-,32+/m1/s1. The number of hydrogen-bond donors (Lipinski definition) is 1. The second kappa shape index (κ2) is 8.09. The minimum absolute atomic E-state index is 0.00171. The average molecular weight is 499 g/mol. The molecule has 0 aromatic rings. The van der Waals surface area contributed by atoms with Crippen molar-refractivity contribution in [1.29, 1.82) is 0 Å². The highest BCUT2D eigenvalue weighted by Gasteiger charge is 2.69. The third-order valence-corrected chi connectivity index (χ3v) is 13.7. The Labute approximate surface area is 219 Å². The molecule has 0 bridgehead atoms. The Morgan fingerprint density at radius 1 is 0.917 bits per heavy atom. The van der Waals surface area contributed by atoms with Crippen LogP contribution < -0.4 is 0 Å². The van der Waals surface area contributed by atoms with Crippen LogP contribution >= 0.6 is 0 Å². The largest absolute Gasteiger partial charge is 0.481 e. The maximum atomic E-state index is 12.9. The summed E-state index contributed by atoms with van der Waals surface area (Å²) in [6.07, 6.45) is 11.7. The van der Waals surface area contributed by atoms with Crippen molar-refractivity contribution in [3.8, 4) is 0 Å². The molecule has 0 amide bonds. The van der Waals surface area contributed by atoms with Gasteiger partial charge < -0.3 is 9.84 Å². The zero-order valence-corrected chi connectivity index (χ0v) is 24.1. The quantitative estimate of drug-likeness (QED) is 0.313. The highest BCUT2D eigenvalue weighted by molar-refractivity contribution is 5.76. The Morgan fingerprint density at radius 2 is 1.61 bits per heavy atom. The second-order valence-corrected chi connectivity index (χ2v) is 15.1. The van der Waals surface area contributed by atoms with E-state index in [0.29, 0.717) is 23.7 Å². The summed E-state index contributed by atoms with van der Waals surface area (Å²) in [4.78, 5) is 24.7. The van der Waals surface area contributed by atoms with Crippen molar-refractivity contribution in [2.24, 2.45) is 56.7 Å². The third-order valence-electron chi connectivity index (χ3n) is 13.7. The van der Waals surface area contributed by atoms with Gasteiger partial charge in [-0.2, -0.15) is 0 Å². The van der Waals surface area contributed by atoms with Crippen LogP contribution in [0.5, 0.6) is 0 Å². The van der Waals surface area contributed by atoms with Crippen LogP contribution in [-0.2, 0) is 14.3 Å². The lowest BCUT2D eigenvalue weighted by atomic mass is 9.33. The number of carboxylic acid groups (broad SMARTS) is 1. The van der Waals surface area contributed by atoms with E-state index in [2.05, 4.69) is 54.5 Å². The fourth-order valence-electron chi connectivity index (χ4n) is 11.2. The Kier molecular flexibility index (Phi) is 5.91. The molecule has 5 aliphatic carbocycles. The average Bonchev–Trinajstić information content (AvgIpc) is 2.78. The molecular formula is C32H50O4. The van der Waals surface area contributed by atoms with Crippen LogP contribution in [0.4, 0.5) is 0 Å².